The van der Waals surface area contributed by atoms with Crippen molar-refractivity contribution in [1.82, 2.24) is 5.32 Å². The first-order chi connectivity index (χ1) is 16.4. The van der Waals surface area contributed by atoms with Crippen molar-refractivity contribution in [1.29, 1.82) is 0 Å². The zero-order valence-electron chi connectivity index (χ0n) is 18.2. The summed E-state index contributed by atoms with van der Waals surface area (Å²) in [6.07, 6.45) is 1.73. The summed E-state index contributed by atoms with van der Waals surface area (Å²) in [5.41, 5.74) is 1.42. The van der Waals surface area contributed by atoms with Gasteiger partial charge >= 0.3 is 6.03 Å². The van der Waals surface area contributed by atoms with Gasteiger partial charge in [-0.25, -0.2) is 18.5 Å². The van der Waals surface area contributed by atoms with E-state index in [1.54, 1.807) is 30.3 Å². The van der Waals surface area contributed by atoms with Gasteiger partial charge in [-0.2, -0.15) is 0 Å². The largest absolute Gasteiger partial charge is 0.494 e. The van der Waals surface area contributed by atoms with Gasteiger partial charge in [0.15, 0.2) is 0 Å². The van der Waals surface area contributed by atoms with Crippen LogP contribution in [0.25, 0.3) is 6.08 Å². The standard InChI is InChI=1S/C26H20F2N2O4/c1-2-34-23-15-17(10-11-18(23)12-16-6-5-7-19(27)13-16)14-20-24(31)29-26(33)30(25(20)32)22-9-4-3-8-21(22)28/h3-11,13-15H,2,12H2,1H3,(H,29,31,33)/b20-14-. The molecule has 4 rings (SSSR count). The zero-order valence-corrected chi connectivity index (χ0v) is 18.2. The Balaban J connectivity index is 1.68. The molecule has 172 valence electrons. The van der Waals surface area contributed by atoms with E-state index >= 15 is 0 Å². The molecule has 0 spiro atoms. The summed E-state index contributed by atoms with van der Waals surface area (Å²) < 4.78 is 33.5. The molecule has 3 aromatic rings. The minimum atomic E-state index is -1.03. The number of imide groups is 2. The number of nitrogens with zero attached hydrogens (tertiary/aromatic N) is 1. The maximum Gasteiger partial charge on any atom is 0.336 e. The van der Waals surface area contributed by atoms with Gasteiger partial charge in [-0.1, -0.05) is 36.4 Å². The SMILES string of the molecule is CCOc1cc(/C=C2/C(=O)NC(=O)N(c3ccccc3F)C2=O)ccc1Cc1cccc(F)c1. The third kappa shape index (κ3) is 4.71. The number of rotatable bonds is 6. The first-order valence-corrected chi connectivity index (χ1v) is 10.5. The van der Waals surface area contributed by atoms with Crippen molar-refractivity contribution in [2.24, 2.45) is 0 Å². The molecule has 6 nitrogen and oxygen atoms in total. The van der Waals surface area contributed by atoms with Crippen molar-refractivity contribution in [3.05, 3.63) is 101 Å². The van der Waals surface area contributed by atoms with Gasteiger partial charge in [0.2, 0.25) is 0 Å². The molecule has 1 saturated heterocycles. The number of hydrogen-bond donors (Lipinski definition) is 1. The lowest BCUT2D eigenvalue weighted by Gasteiger charge is -2.26. The summed E-state index contributed by atoms with van der Waals surface area (Å²) in [5, 5.41) is 2.07. The summed E-state index contributed by atoms with van der Waals surface area (Å²) in [5.74, 6) is -2.44. The third-order valence-corrected chi connectivity index (χ3v) is 5.18. The van der Waals surface area contributed by atoms with E-state index in [9.17, 15) is 23.2 Å². The van der Waals surface area contributed by atoms with E-state index < -0.39 is 23.7 Å². The maximum absolute atomic E-state index is 14.2. The van der Waals surface area contributed by atoms with Crippen LogP contribution in [0.1, 0.15) is 23.6 Å². The Bertz CT molecular complexity index is 1320. The molecule has 4 amide bonds. The predicted octanol–water partition coefficient (Wildman–Crippen LogP) is 4.62. The molecule has 34 heavy (non-hydrogen) atoms. The topological polar surface area (TPSA) is 75.7 Å². The van der Waals surface area contributed by atoms with Gasteiger partial charge in [0.25, 0.3) is 11.8 Å². The number of nitrogens with one attached hydrogen (secondary N) is 1. The average molecular weight is 462 g/mol. The summed E-state index contributed by atoms with van der Waals surface area (Å²) in [6, 6.07) is 15.6. The summed E-state index contributed by atoms with van der Waals surface area (Å²) in [6.45, 7) is 2.18. The highest BCUT2D eigenvalue weighted by Gasteiger charge is 2.37. The lowest BCUT2D eigenvalue weighted by Crippen LogP contribution is -2.54. The summed E-state index contributed by atoms with van der Waals surface area (Å²) in [4.78, 5) is 38.3. The Kier molecular flexibility index (Phi) is 6.49. The number of halogens is 2. The van der Waals surface area contributed by atoms with Crippen LogP contribution in [0.15, 0.2) is 72.3 Å². The van der Waals surface area contributed by atoms with Gasteiger partial charge in [-0.05, 0) is 60.0 Å². The third-order valence-electron chi connectivity index (χ3n) is 5.18. The quantitative estimate of drug-likeness (QED) is 0.429. The van der Waals surface area contributed by atoms with Crippen LogP contribution in [-0.2, 0) is 16.0 Å². The van der Waals surface area contributed by atoms with Gasteiger partial charge in [0.1, 0.15) is 23.0 Å². The van der Waals surface area contributed by atoms with Crippen LogP contribution in [-0.4, -0.2) is 24.5 Å². The molecule has 8 heteroatoms. The number of hydrogen-bond acceptors (Lipinski definition) is 4. The molecule has 1 aliphatic rings. The van der Waals surface area contributed by atoms with Crippen molar-refractivity contribution < 1.29 is 27.9 Å². The second-order valence-electron chi connectivity index (χ2n) is 7.52. The zero-order chi connectivity index (χ0) is 24.2. The number of carbonyl (C=O) groups excluding carboxylic acids is 3. The van der Waals surface area contributed by atoms with E-state index in [1.807, 2.05) is 6.92 Å². The Morgan fingerprint density at radius 2 is 1.76 bits per heavy atom. The summed E-state index contributed by atoms with van der Waals surface area (Å²) in [7, 11) is 0. The molecule has 0 bridgehead atoms. The van der Waals surface area contributed by atoms with Crippen LogP contribution < -0.4 is 15.0 Å². The van der Waals surface area contributed by atoms with Gasteiger partial charge in [-0.3, -0.25) is 14.9 Å². The van der Waals surface area contributed by atoms with Crippen molar-refractivity contribution in [2.75, 3.05) is 11.5 Å². The normalized spacial score (nSPS) is 15.0. The first kappa shape index (κ1) is 22.8. The number of anilines is 1. The van der Waals surface area contributed by atoms with E-state index in [0.717, 1.165) is 17.2 Å². The van der Waals surface area contributed by atoms with Gasteiger partial charge in [0.05, 0.1) is 12.3 Å². The molecule has 1 N–H and O–H groups in total. The number of benzene rings is 3. The van der Waals surface area contributed by atoms with E-state index in [1.165, 1.54) is 36.4 Å². The van der Waals surface area contributed by atoms with Crippen LogP contribution in [0.4, 0.5) is 19.3 Å². The lowest BCUT2D eigenvalue weighted by atomic mass is 10.0. The van der Waals surface area contributed by atoms with E-state index in [4.69, 9.17) is 4.74 Å². The smallest absolute Gasteiger partial charge is 0.336 e. The second-order valence-corrected chi connectivity index (χ2v) is 7.52. The number of urea groups is 1. The highest BCUT2D eigenvalue weighted by Crippen LogP contribution is 2.27. The number of ether oxygens (including phenoxy) is 1. The fraction of sp³-hybridized carbons (Fsp3) is 0.115. The van der Waals surface area contributed by atoms with Gasteiger partial charge < -0.3 is 4.74 Å². The molecule has 0 radical (unpaired) electrons. The molecule has 1 fully saturated rings. The van der Waals surface area contributed by atoms with Crippen molar-refractivity contribution in [3.8, 4) is 5.75 Å². The Labute approximate surface area is 194 Å². The number of amides is 4. The molecular formula is C26H20F2N2O4. The molecule has 1 heterocycles. The minimum absolute atomic E-state index is 0.260. The lowest BCUT2D eigenvalue weighted by molar-refractivity contribution is -0.122. The highest BCUT2D eigenvalue weighted by molar-refractivity contribution is 6.39. The van der Waals surface area contributed by atoms with Crippen molar-refractivity contribution >= 4 is 29.6 Å². The van der Waals surface area contributed by atoms with Crippen molar-refractivity contribution in [2.45, 2.75) is 13.3 Å². The molecule has 0 saturated carbocycles. The number of barbiturate groups is 1. The number of carbonyl (C=O) groups is 3. The molecule has 0 aromatic heterocycles. The molecular weight excluding hydrogens is 442 g/mol. The fourth-order valence-corrected chi connectivity index (χ4v) is 3.64. The molecule has 0 aliphatic carbocycles. The summed E-state index contributed by atoms with van der Waals surface area (Å²) >= 11 is 0. The Morgan fingerprint density at radius 3 is 2.50 bits per heavy atom. The first-order valence-electron chi connectivity index (χ1n) is 10.5. The van der Waals surface area contributed by atoms with Gasteiger partial charge in [0, 0.05) is 6.42 Å². The van der Waals surface area contributed by atoms with E-state index in [2.05, 4.69) is 5.32 Å². The predicted molar refractivity (Wildman–Crippen MR) is 122 cm³/mol. The Hall–Kier alpha value is -4.33. The minimum Gasteiger partial charge on any atom is -0.494 e. The molecule has 0 atom stereocenters. The molecule has 0 unspecified atom stereocenters. The van der Waals surface area contributed by atoms with Crippen LogP contribution >= 0.6 is 0 Å². The van der Waals surface area contributed by atoms with Crippen LogP contribution in [0, 0.1) is 11.6 Å². The maximum atomic E-state index is 14.2. The monoisotopic (exact) mass is 462 g/mol. The van der Waals surface area contributed by atoms with Crippen LogP contribution in [0.3, 0.4) is 0 Å². The van der Waals surface area contributed by atoms with E-state index in [-0.39, 0.29) is 17.1 Å². The average Bonchev–Trinajstić information content (AvgIpc) is 2.79. The fourth-order valence-electron chi connectivity index (χ4n) is 3.64. The van der Waals surface area contributed by atoms with Crippen molar-refractivity contribution in [3.63, 3.8) is 0 Å². The molecule has 3 aromatic carbocycles. The van der Waals surface area contributed by atoms with Crippen LogP contribution in [0.2, 0.25) is 0 Å². The number of para-hydroxylation sites is 1. The van der Waals surface area contributed by atoms with Crippen LogP contribution in [0.5, 0.6) is 5.75 Å². The molecule has 1 aliphatic heterocycles. The second kappa shape index (κ2) is 9.66. The van der Waals surface area contributed by atoms with Gasteiger partial charge in [-0.15, -0.1) is 0 Å². The Morgan fingerprint density at radius 1 is 0.971 bits per heavy atom. The highest BCUT2D eigenvalue weighted by atomic mass is 19.1. The van der Waals surface area contributed by atoms with E-state index in [0.29, 0.717) is 29.2 Å².